The molecule has 8 heteroatoms. The van der Waals surface area contributed by atoms with E-state index in [9.17, 15) is 9.59 Å². The molecular weight excluding hydrogens is 596 g/mol. The maximum Gasteiger partial charge on any atom is 0.125 e. The van der Waals surface area contributed by atoms with Gasteiger partial charge in [-0.2, -0.15) is 0 Å². The van der Waals surface area contributed by atoms with E-state index in [0.717, 1.165) is 134 Å². The van der Waals surface area contributed by atoms with Gasteiger partial charge >= 0.3 is 0 Å². The molecule has 8 nitrogen and oxygen atoms in total. The highest BCUT2D eigenvalue weighted by molar-refractivity contribution is 5.71. The summed E-state index contributed by atoms with van der Waals surface area (Å²) in [6.07, 6.45) is 16.6. The summed E-state index contributed by atoms with van der Waals surface area (Å²) in [5.41, 5.74) is 8.47. The number of aromatic nitrogens is 4. The molecule has 2 N–H and O–H groups in total. The molecule has 48 heavy (non-hydrogen) atoms. The molecule has 0 bridgehead atoms. The quantitative estimate of drug-likeness (QED) is 0.200. The maximum absolute atomic E-state index is 11.7. The van der Waals surface area contributed by atoms with Crippen molar-refractivity contribution in [3.05, 3.63) is 83.7 Å². The van der Waals surface area contributed by atoms with Crippen LogP contribution in [-0.2, 0) is 9.59 Å². The van der Waals surface area contributed by atoms with Crippen molar-refractivity contribution in [2.75, 3.05) is 13.1 Å². The van der Waals surface area contributed by atoms with Gasteiger partial charge in [0, 0.05) is 23.2 Å². The van der Waals surface area contributed by atoms with E-state index in [1.165, 1.54) is 12.8 Å². The van der Waals surface area contributed by atoms with Gasteiger partial charge in [-0.15, -0.1) is 0 Å². The number of imidazole rings is 2. The Morgan fingerprint density at radius 1 is 0.521 bits per heavy atom. The lowest BCUT2D eigenvalue weighted by Crippen LogP contribution is -2.38. The summed E-state index contributed by atoms with van der Waals surface area (Å²) in [5.74, 6) is 6.53. The molecule has 4 heterocycles. The van der Waals surface area contributed by atoms with Crippen LogP contribution in [0.1, 0.15) is 101 Å². The Bertz CT molecular complexity index is 1710. The summed E-state index contributed by atoms with van der Waals surface area (Å²) in [4.78, 5) is 45.2. The van der Waals surface area contributed by atoms with Crippen LogP contribution in [-0.4, -0.2) is 66.8 Å². The Morgan fingerprint density at radius 2 is 0.917 bits per heavy atom. The summed E-state index contributed by atoms with van der Waals surface area (Å²) in [7, 11) is 0. The molecule has 2 aliphatic carbocycles. The number of benzene rings is 2. The first-order valence-corrected chi connectivity index (χ1v) is 18.0. The molecule has 3 unspecified atom stereocenters. The van der Waals surface area contributed by atoms with E-state index < -0.39 is 0 Å². The van der Waals surface area contributed by atoms with E-state index in [2.05, 4.69) is 80.2 Å². The number of H-pyrrole nitrogens is 2. The molecule has 8 rings (SSSR count). The van der Waals surface area contributed by atoms with Crippen LogP contribution in [0.2, 0.25) is 0 Å². The minimum absolute atomic E-state index is 0.206. The van der Waals surface area contributed by atoms with Crippen molar-refractivity contribution in [3.8, 4) is 33.6 Å². The number of carbonyl (C=O) groups excluding carboxylic acids is 2. The number of hydrogen-bond acceptors (Lipinski definition) is 6. The Morgan fingerprint density at radius 3 is 1.33 bits per heavy atom. The Hall–Kier alpha value is -4.32. The molecular formula is C40H44N6O2. The fourth-order valence-electron chi connectivity index (χ4n) is 8.86. The first kappa shape index (κ1) is 31.0. The molecule has 2 aliphatic heterocycles. The molecule has 2 aromatic heterocycles. The van der Waals surface area contributed by atoms with Crippen LogP contribution in [0.4, 0.5) is 0 Å². The minimum Gasteiger partial charge on any atom is -0.341 e. The normalized spacial score (nSPS) is 25.3. The van der Waals surface area contributed by atoms with Gasteiger partial charge in [-0.25, -0.2) is 19.6 Å². The fraction of sp³-hybridized carbons (Fsp3) is 0.450. The monoisotopic (exact) mass is 640 g/mol. The van der Waals surface area contributed by atoms with Gasteiger partial charge in [0.15, 0.2) is 0 Å². The average Bonchev–Trinajstić information content (AvgIpc) is 3.98. The highest BCUT2D eigenvalue weighted by Gasteiger charge is 2.38. The second kappa shape index (κ2) is 13.7. The highest BCUT2D eigenvalue weighted by atomic mass is 16.1. The zero-order chi connectivity index (χ0) is 32.5. The molecule has 4 atom stereocenters. The van der Waals surface area contributed by atoms with Crippen molar-refractivity contribution in [1.29, 1.82) is 0 Å². The number of rotatable bonds is 7. The first-order chi connectivity index (χ1) is 23.7. The second-order valence-corrected chi connectivity index (χ2v) is 14.1. The van der Waals surface area contributed by atoms with Crippen molar-refractivity contribution in [1.82, 2.24) is 29.7 Å². The van der Waals surface area contributed by atoms with E-state index in [1.807, 2.05) is 12.4 Å². The van der Waals surface area contributed by atoms with E-state index in [-0.39, 0.29) is 24.2 Å². The number of aromatic amines is 2. The second-order valence-electron chi connectivity index (χ2n) is 14.1. The Labute approximate surface area is 282 Å². The van der Waals surface area contributed by atoms with Crippen LogP contribution < -0.4 is 0 Å². The van der Waals surface area contributed by atoms with Gasteiger partial charge in [-0.05, 0) is 99.6 Å². The van der Waals surface area contributed by atoms with E-state index in [1.54, 1.807) is 0 Å². The van der Waals surface area contributed by atoms with E-state index in [4.69, 9.17) is 9.97 Å². The largest absolute Gasteiger partial charge is 0.341 e. The molecule has 2 aromatic carbocycles. The van der Waals surface area contributed by atoms with Gasteiger partial charge in [0.2, 0.25) is 0 Å². The van der Waals surface area contributed by atoms with Crippen LogP contribution in [0.5, 0.6) is 0 Å². The summed E-state index contributed by atoms with van der Waals surface area (Å²) < 4.78 is 0. The van der Waals surface area contributed by atoms with Crippen molar-refractivity contribution in [2.24, 2.45) is 0 Å². The topological polar surface area (TPSA) is 98.0 Å². The van der Waals surface area contributed by atoms with Crippen LogP contribution in [0.15, 0.2) is 72.1 Å². The number of hydrogen-bond donors (Lipinski definition) is 2. The third-order valence-electron chi connectivity index (χ3n) is 11.4. The van der Waals surface area contributed by atoms with Crippen molar-refractivity contribution in [2.45, 2.75) is 101 Å². The zero-order valence-corrected chi connectivity index (χ0v) is 27.6. The molecule has 0 spiro atoms. The third-order valence-corrected chi connectivity index (χ3v) is 11.4. The molecule has 4 aliphatic rings. The summed E-state index contributed by atoms with van der Waals surface area (Å²) >= 11 is 0. The minimum atomic E-state index is 0.206. The van der Waals surface area contributed by atoms with Gasteiger partial charge in [0.05, 0.1) is 35.9 Å². The van der Waals surface area contributed by atoms with E-state index in [0.29, 0.717) is 0 Å². The van der Waals surface area contributed by atoms with E-state index >= 15 is 0 Å². The molecule has 2 saturated heterocycles. The summed E-state index contributed by atoms with van der Waals surface area (Å²) in [5, 5.41) is 0. The number of likely N-dealkylation sites (tertiary alicyclic amines) is 2. The predicted octanol–water partition coefficient (Wildman–Crippen LogP) is 7.81. The fourth-order valence-corrected chi connectivity index (χ4v) is 8.86. The molecule has 246 valence electrons. The van der Waals surface area contributed by atoms with Gasteiger partial charge in [-0.1, -0.05) is 61.4 Å². The lowest BCUT2D eigenvalue weighted by molar-refractivity contribution is 0.175. The Balaban J connectivity index is 0.939. The van der Waals surface area contributed by atoms with Gasteiger partial charge in [-0.3, -0.25) is 9.80 Å². The van der Waals surface area contributed by atoms with Crippen LogP contribution in [0.3, 0.4) is 0 Å². The smallest absolute Gasteiger partial charge is 0.125 e. The van der Waals surface area contributed by atoms with Crippen LogP contribution >= 0.6 is 0 Å². The van der Waals surface area contributed by atoms with Crippen LogP contribution in [0.25, 0.3) is 33.6 Å². The maximum atomic E-state index is 11.7. The van der Waals surface area contributed by atoms with Gasteiger partial charge in [0.25, 0.3) is 0 Å². The molecule has 0 amide bonds. The van der Waals surface area contributed by atoms with Crippen molar-refractivity contribution < 1.29 is 9.59 Å². The van der Waals surface area contributed by atoms with Crippen molar-refractivity contribution in [3.63, 3.8) is 0 Å². The lowest BCUT2D eigenvalue weighted by atomic mass is 9.89. The predicted molar refractivity (Wildman–Crippen MR) is 187 cm³/mol. The zero-order valence-electron chi connectivity index (χ0n) is 27.6. The summed E-state index contributed by atoms with van der Waals surface area (Å²) in [6.45, 7) is 2.01. The molecule has 4 aromatic rings. The van der Waals surface area contributed by atoms with Gasteiger partial charge in [0.1, 0.15) is 23.5 Å². The average molecular weight is 641 g/mol. The van der Waals surface area contributed by atoms with Crippen LogP contribution in [0, 0.1) is 0 Å². The summed E-state index contributed by atoms with van der Waals surface area (Å²) in [6, 6.07) is 18.2. The Kier molecular flexibility index (Phi) is 8.81. The lowest BCUT2D eigenvalue weighted by Gasteiger charge is -2.35. The van der Waals surface area contributed by atoms with Gasteiger partial charge < -0.3 is 9.97 Å². The molecule has 0 radical (unpaired) electrons. The molecule has 2 saturated carbocycles. The molecule has 4 fully saturated rings. The number of nitrogens with zero attached hydrogens (tertiary/aromatic N) is 4. The highest BCUT2D eigenvalue weighted by Crippen LogP contribution is 2.40. The standard InChI is InChI=1S/C40H44N6O2/c47-25-31-7-1-3-9-35(31)45-21-5-11-37(45)39-41-23-33(43-39)29-17-13-27(14-18-29)28-15-19-30(20-16-28)34-24-42-40(44-34)38-12-6-22-46(38)36-10-4-2-8-32(36)26-48/h13-20,23-24,35-38H,1-12,21-22H2,(H,41,43)(H,42,44)/t35-,36?,37?,38?/m1/s1. The first-order valence-electron chi connectivity index (χ1n) is 18.0. The SMILES string of the molecule is O=C=C1CCCCC1N1CCCC1c1ncc(-c2ccc(-c3ccc(-c4cnc(C5CCCN5[C@@H]5CCCCC5=C=O)[nH]4)cc3)cc2)[nH]1. The third kappa shape index (κ3) is 5.95. The number of nitrogens with one attached hydrogen (secondary N) is 2. The van der Waals surface area contributed by atoms with Crippen molar-refractivity contribution >= 4 is 11.9 Å².